The Morgan fingerprint density at radius 2 is 2.04 bits per heavy atom. The van der Waals surface area contributed by atoms with Crippen molar-refractivity contribution >= 4 is 23.2 Å². The number of carbonyl (C=O) groups excluding carboxylic acids is 2. The third kappa shape index (κ3) is 3.94. The number of nitrogen functional groups attached to an aromatic ring is 1. The third-order valence-electron chi connectivity index (χ3n) is 3.20. The Morgan fingerprint density at radius 1 is 1.30 bits per heavy atom. The molecule has 1 aromatic carbocycles. The number of hydrogen-bond donors (Lipinski definition) is 2. The molecule has 0 spiro atoms. The summed E-state index contributed by atoms with van der Waals surface area (Å²) in [6.45, 7) is 4.03. The Kier molecular flexibility index (Phi) is 5.09. The molecule has 23 heavy (non-hydrogen) atoms. The summed E-state index contributed by atoms with van der Waals surface area (Å²) in [5.41, 5.74) is 7.38. The van der Waals surface area contributed by atoms with Crippen LogP contribution in [0.15, 0.2) is 55.3 Å². The zero-order chi connectivity index (χ0) is 16.8. The number of benzene rings is 1. The largest absolute Gasteiger partial charge is 0.397 e. The lowest BCUT2D eigenvalue weighted by Crippen LogP contribution is -2.27. The van der Waals surface area contributed by atoms with Gasteiger partial charge in [0.25, 0.3) is 11.8 Å². The van der Waals surface area contributed by atoms with Crippen molar-refractivity contribution in [2.45, 2.75) is 0 Å². The molecule has 0 aliphatic carbocycles. The molecule has 0 atom stereocenters. The van der Waals surface area contributed by atoms with Crippen molar-refractivity contribution in [3.05, 3.63) is 66.5 Å². The summed E-state index contributed by atoms with van der Waals surface area (Å²) < 4.78 is 0. The van der Waals surface area contributed by atoms with Crippen molar-refractivity contribution in [1.82, 2.24) is 9.88 Å². The zero-order valence-electron chi connectivity index (χ0n) is 12.8. The summed E-state index contributed by atoms with van der Waals surface area (Å²) in [6.07, 6.45) is 3.02. The maximum Gasteiger partial charge on any atom is 0.274 e. The normalized spacial score (nSPS) is 9.96. The lowest BCUT2D eigenvalue weighted by Gasteiger charge is -2.14. The van der Waals surface area contributed by atoms with Crippen LogP contribution in [-0.2, 0) is 0 Å². The first-order chi connectivity index (χ1) is 11.0. The van der Waals surface area contributed by atoms with E-state index in [4.69, 9.17) is 5.73 Å². The van der Waals surface area contributed by atoms with E-state index in [2.05, 4.69) is 16.9 Å². The second-order valence-electron chi connectivity index (χ2n) is 4.95. The highest BCUT2D eigenvalue weighted by molar-refractivity contribution is 6.04. The van der Waals surface area contributed by atoms with Gasteiger partial charge in [-0.05, 0) is 24.3 Å². The molecule has 0 saturated heterocycles. The van der Waals surface area contributed by atoms with Crippen molar-refractivity contribution < 1.29 is 9.59 Å². The van der Waals surface area contributed by atoms with Gasteiger partial charge in [0.1, 0.15) is 5.69 Å². The number of likely N-dealkylation sites (N-methyl/N-ethyl adjacent to an activating group) is 1. The summed E-state index contributed by atoms with van der Waals surface area (Å²) in [7, 11) is 1.67. The molecule has 0 aliphatic rings. The van der Waals surface area contributed by atoms with E-state index < -0.39 is 0 Å². The molecule has 118 valence electrons. The molecule has 0 radical (unpaired) electrons. The predicted molar refractivity (Wildman–Crippen MR) is 90.2 cm³/mol. The Balaban J connectivity index is 2.10. The van der Waals surface area contributed by atoms with Gasteiger partial charge in [0, 0.05) is 19.8 Å². The van der Waals surface area contributed by atoms with Crippen LogP contribution < -0.4 is 11.1 Å². The van der Waals surface area contributed by atoms with E-state index in [0.29, 0.717) is 23.5 Å². The van der Waals surface area contributed by atoms with Gasteiger partial charge in [-0.1, -0.05) is 18.2 Å². The Morgan fingerprint density at radius 3 is 2.65 bits per heavy atom. The summed E-state index contributed by atoms with van der Waals surface area (Å²) in [6, 6.07) is 10.0. The van der Waals surface area contributed by atoms with Crippen LogP contribution in [-0.4, -0.2) is 35.3 Å². The van der Waals surface area contributed by atoms with Gasteiger partial charge >= 0.3 is 0 Å². The van der Waals surface area contributed by atoms with Gasteiger partial charge in [-0.3, -0.25) is 14.6 Å². The molecule has 3 N–H and O–H groups in total. The first-order valence-electron chi connectivity index (χ1n) is 7.01. The monoisotopic (exact) mass is 310 g/mol. The standard InChI is InChI=1S/C17H18N4O2/c1-3-10-21(2)17(23)12-8-9-15(19-11-12)16(22)20-14-7-5-4-6-13(14)18/h3-9,11H,1,10,18H2,2H3,(H,20,22). The quantitative estimate of drug-likeness (QED) is 0.654. The number of nitrogens with one attached hydrogen (secondary N) is 1. The van der Waals surface area contributed by atoms with E-state index in [1.54, 1.807) is 43.5 Å². The predicted octanol–water partition coefficient (Wildman–Crippen LogP) is 2.17. The number of hydrogen-bond acceptors (Lipinski definition) is 4. The molecule has 2 rings (SSSR count). The molecule has 2 amide bonds. The average molecular weight is 310 g/mol. The summed E-state index contributed by atoms with van der Waals surface area (Å²) in [5, 5.41) is 2.68. The number of aromatic nitrogens is 1. The molecule has 0 unspecified atom stereocenters. The molecule has 6 heteroatoms. The SMILES string of the molecule is C=CCN(C)C(=O)c1ccc(C(=O)Nc2ccccc2N)nc1. The fourth-order valence-electron chi connectivity index (χ4n) is 1.95. The highest BCUT2D eigenvalue weighted by Crippen LogP contribution is 2.17. The summed E-state index contributed by atoms with van der Waals surface area (Å²) >= 11 is 0. The van der Waals surface area contributed by atoms with Gasteiger partial charge in [-0.25, -0.2) is 0 Å². The van der Waals surface area contributed by atoms with Crippen molar-refractivity contribution in [2.75, 3.05) is 24.6 Å². The van der Waals surface area contributed by atoms with E-state index in [-0.39, 0.29) is 17.5 Å². The van der Waals surface area contributed by atoms with Gasteiger partial charge < -0.3 is 16.0 Å². The van der Waals surface area contributed by atoms with Crippen molar-refractivity contribution in [3.63, 3.8) is 0 Å². The molecule has 0 saturated carbocycles. The molecular weight excluding hydrogens is 292 g/mol. The Bertz CT molecular complexity index is 726. The van der Waals surface area contributed by atoms with Gasteiger partial charge in [0.2, 0.25) is 0 Å². The zero-order valence-corrected chi connectivity index (χ0v) is 12.8. The van der Waals surface area contributed by atoms with E-state index in [0.717, 1.165) is 0 Å². The van der Waals surface area contributed by atoms with Crippen LogP contribution in [0.5, 0.6) is 0 Å². The first kappa shape index (κ1) is 16.2. The van der Waals surface area contributed by atoms with Crippen LogP contribution >= 0.6 is 0 Å². The second-order valence-corrected chi connectivity index (χ2v) is 4.95. The third-order valence-corrected chi connectivity index (χ3v) is 3.20. The lowest BCUT2D eigenvalue weighted by atomic mass is 10.2. The number of pyridine rings is 1. The summed E-state index contributed by atoms with van der Waals surface area (Å²) in [5.74, 6) is -0.571. The molecule has 0 aliphatic heterocycles. The van der Waals surface area contributed by atoms with Crippen molar-refractivity contribution in [1.29, 1.82) is 0 Å². The summed E-state index contributed by atoms with van der Waals surface area (Å²) in [4.78, 5) is 29.8. The Labute approximate surface area is 134 Å². The number of anilines is 2. The highest BCUT2D eigenvalue weighted by Gasteiger charge is 2.13. The molecule has 1 aromatic heterocycles. The highest BCUT2D eigenvalue weighted by atomic mass is 16.2. The molecular formula is C17H18N4O2. The van der Waals surface area contributed by atoms with E-state index in [1.165, 1.54) is 17.2 Å². The minimum absolute atomic E-state index is 0.184. The first-order valence-corrected chi connectivity index (χ1v) is 7.01. The van der Waals surface area contributed by atoms with E-state index in [9.17, 15) is 9.59 Å². The van der Waals surface area contributed by atoms with Crippen LogP contribution in [0.4, 0.5) is 11.4 Å². The minimum atomic E-state index is -0.388. The van der Waals surface area contributed by atoms with Gasteiger partial charge in [-0.15, -0.1) is 6.58 Å². The van der Waals surface area contributed by atoms with Crippen LogP contribution in [0, 0.1) is 0 Å². The fraction of sp³-hybridized carbons (Fsp3) is 0.118. The Hall–Kier alpha value is -3.15. The van der Waals surface area contributed by atoms with Crippen molar-refractivity contribution in [2.24, 2.45) is 0 Å². The lowest BCUT2D eigenvalue weighted by molar-refractivity contribution is 0.0809. The number of carbonyl (C=O) groups is 2. The topological polar surface area (TPSA) is 88.3 Å². The fourth-order valence-corrected chi connectivity index (χ4v) is 1.95. The number of nitrogens with zero attached hydrogens (tertiary/aromatic N) is 2. The number of nitrogens with two attached hydrogens (primary N) is 1. The molecule has 0 bridgehead atoms. The molecule has 0 fully saturated rings. The maximum absolute atomic E-state index is 12.1. The van der Waals surface area contributed by atoms with Gasteiger partial charge in [0.05, 0.1) is 16.9 Å². The molecule has 2 aromatic rings. The van der Waals surface area contributed by atoms with Gasteiger partial charge in [-0.2, -0.15) is 0 Å². The van der Waals surface area contributed by atoms with E-state index >= 15 is 0 Å². The number of amides is 2. The van der Waals surface area contributed by atoms with Gasteiger partial charge in [0.15, 0.2) is 0 Å². The van der Waals surface area contributed by atoms with Crippen LogP contribution in [0.3, 0.4) is 0 Å². The average Bonchev–Trinajstić information content (AvgIpc) is 2.56. The van der Waals surface area contributed by atoms with Crippen molar-refractivity contribution in [3.8, 4) is 0 Å². The van der Waals surface area contributed by atoms with Crippen LogP contribution in [0.1, 0.15) is 20.8 Å². The molecule has 1 heterocycles. The second kappa shape index (κ2) is 7.22. The minimum Gasteiger partial charge on any atom is -0.397 e. The van der Waals surface area contributed by atoms with Crippen LogP contribution in [0.2, 0.25) is 0 Å². The number of rotatable bonds is 5. The van der Waals surface area contributed by atoms with Crippen LogP contribution in [0.25, 0.3) is 0 Å². The van der Waals surface area contributed by atoms with E-state index in [1.807, 2.05) is 0 Å². The maximum atomic E-state index is 12.1. The number of para-hydroxylation sites is 2. The smallest absolute Gasteiger partial charge is 0.274 e. The molecule has 6 nitrogen and oxygen atoms in total.